The Morgan fingerprint density at radius 2 is 1.64 bits per heavy atom. The Morgan fingerprint density at radius 3 is 2.32 bits per heavy atom. The second kappa shape index (κ2) is 7.01. The predicted molar refractivity (Wildman–Crippen MR) is 99.8 cm³/mol. The van der Waals surface area contributed by atoms with E-state index in [9.17, 15) is 0 Å². The van der Waals surface area contributed by atoms with Crippen LogP contribution in [0.1, 0.15) is 18.1 Å². The average Bonchev–Trinajstić information content (AvgIpc) is 2.61. The first-order valence-electron chi connectivity index (χ1n) is 8.30. The molecule has 0 radical (unpaired) electrons. The summed E-state index contributed by atoms with van der Waals surface area (Å²) in [5.74, 6) is 2.89. The van der Waals surface area contributed by atoms with Gasteiger partial charge in [0.05, 0.1) is 38.0 Å². The Morgan fingerprint density at radius 1 is 0.880 bits per heavy atom. The highest BCUT2D eigenvalue weighted by Gasteiger charge is 2.23. The van der Waals surface area contributed by atoms with Crippen LogP contribution in [0.15, 0.2) is 40.8 Å². The summed E-state index contributed by atoms with van der Waals surface area (Å²) >= 11 is 0. The molecule has 0 unspecified atom stereocenters. The van der Waals surface area contributed by atoms with Crippen LogP contribution in [0, 0.1) is 13.8 Å². The zero-order valence-corrected chi connectivity index (χ0v) is 15.3. The van der Waals surface area contributed by atoms with Crippen molar-refractivity contribution < 1.29 is 18.6 Å². The number of hydrogen-bond acceptors (Lipinski definition) is 3. The van der Waals surface area contributed by atoms with E-state index in [1.165, 1.54) is 5.56 Å². The van der Waals surface area contributed by atoms with E-state index < -0.39 is 0 Å². The average molecular weight is 339 g/mol. The summed E-state index contributed by atoms with van der Waals surface area (Å²) in [5, 5.41) is 0.989. The SMILES string of the molecule is CCOc1cc(-c2ccc(OC)c(OC)c2)[o+]c2c(C)cc(C)cc12. The van der Waals surface area contributed by atoms with Gasteiger partial charge >= 0.3 is 11.3 Å². The van der Waals surface area contributed by atoms with Crippen LogP contribution >= 0.6 is 0 Å². The molecule has 1 aromatic heterocycles. The van der Waals surface area contributed by atoms with Gasteiger partial charge in [0.2, 0.25) is 0 Å². The van der Waals surface area contributed by atoms with Crippen molar-refractivity contribution in [2.45, 2.75) is 20.8 Å². The summed E-state index contributed by atoms with van der Waals surface area (Å²) in [7, 11) is 3.24. The lowest BCUT2D eigenvalue weighted by molar-refractivity contribution is 0.342. The van der Waals surface area contributed by atoms with Crippen LogP contribution in [-0.4, -0.2) is 20.8 Å². The zero-order chi connectivity index (χ0) is 18.0. The Bertz CT molecular complexity index is 915. The highest BCUT2D eigenvalue weighted by Crippen LogP contribution is 2.38. The van der Waals surface area contributed by atoms with E-state index in [4.69, 9.17) is 18.6 Å². The van der Waals surface area contributed by atoms with Crippen molar-refractivity contribution in [2.75, 3.05) is 20.8 Å². The number of ether oxygens (including phenoxy) is 3. The first kappa shape index (κ1) is 17.1. The molecule has 3 aromatic rings. The van der Waals surface area contributed by atoms with Crippen LogP contribution in [0.5, 0.6) is 17.2 Å². The molecule has 4 nitrogen and oxygen atoms in total. The van der Waals surface area contributed by atoms with Crippen molar-refractivity contribution in [1.29, 1.82) is 0 Å². The Labute approximate surface area is 148 Å². The van der Waals surface area contributed by atoms with E-state index in [1.807, 2.05) is 38.1 Å². The van der Waals surface area contributed by atoms with Gasteiger partial charge in [-0.1, -0.05) is 0 Å². The highest BCUT2D eigenvalue weighted by atomic mass is 16.5. The topological polar surface area (TPSA) is 39.0 Å². The van der Waals surface area contributed by atoms with Gasteiger partial charge in [0.25, 0.3) is 0 Å². The van der Waals surface area contributed by atoms with Crippen LogP contribution in [0.25, 0.3) is 22.3 Å². The largest absolute Gasteiger partial charge is 0.493 e. The zero-order valence-electron chi connectivity index (χ0n) is 15.3. The number of rotatable bonds is 5. The van der Waals surface area contributed by atoms with Crippen molar-refractivity contribution in [3.8, 4) is 28.6 Å². The second-order valence-electron chi connectivity index (χ2n) is 5.94. The molecular formula is C21H23O4+. The van der Waals surface area contributed by atoms with Crippen LogP contribution < -0.4 is 14.2 Å². The highest BCUT2D eigenvalue weighted by molar-refractivity contribution is 5.88. The molecule has 0 fully saturated rings. The van der Waals surface area contributed by atoms with Crippen LogP contribution in [0.2, 0.25) is 0 Å². The van der Waals surface area contributed by atoms with Gasteiger partial charge in [-0.2, -0.15) is 0 Å². The fourth-order valence-electron chi connectivity index (χ4n) is 3.02. The Balaban J connectivity index is 2.23. The summed E-state index contributed by atoms with van der Waals surface area (Å²) in [6.07, 6.45) is 0. The van der Waals surface area contributed by atoms with Gasteiger partial charge in [-0.15, -0.1) is 0 Å². The van der Waals surface area contributed by atoms with E-state index in [2.05, 4.69) is 19.1 Å². The summed E-state index contributed by atoms with van der Waals surface area (Å²) in [5.41, 5.74) is 4.00. The molecule has 130 valence electrons. The predicted octanol–water partition coefficient (Wildman–Crippen LogP) is 5.41. The third-order valence-electron chi connectivity index (χ3n) is 4.13. The third-order valence-corrected chi connectivity index (χ3v) is 4.13. The molecule has 25 heavy (non-hydrogen) atoms. The molecule has 0 N–H and O–H groups in total. The van der Waals surface area contributed by atoms with Crippen molar-refractivity contribution in [2.24, 2.45) is 0 Å². The fourth-order valence-corrected chi connectivity index (χ4v) is 3.02. The van der Waals surface area contributed by atoms with E-state index in [1.54, 1.807) is 14.2 Å². The molecule has 4 heteroatoms. The molecule has 0 spiro atoms. The van der Waals surface area contributed by atoms with Gasteiger partial charge in [-0.3, -0.25) is 0 Å². The van der Waals surface area contributed by atoms with Crippen molar-refractivity contribution >= 4 is 11.0 Å². The summed E-state index contributed by atoms with van der Waals surface area (Å²) in [6, 6.07) is 11.9. The molecule has 1 heterocycles. The van der Waals surface area contributed by atoms with E-state index in [-0.39, 0.29) is 0 Å². The number of hydrogen-bond donors (Lipinski definition) is 0. The van der Waals surface area contributed by atoms with Crippen molar-refractivity contribution in [1.82, 2.24) is 0 Å². The van der Waals surface area contributed by atoms with Gasteiger partial charge in [-0.25, -0.2) is 4.42 Å². The van der Waals surface area contributed by atoms with E-state index >= 15 is 0 Å². The molecule has 0 amide bonds. The Hall–Kier alpha value is -2.75. The third kappa shape index (κ3) is 3.25. The maximum atomic E-state index is 6.22. The minimum atomic E-state index is 0.595. The monoisotopic (exact) mass is 339 g/mol. The number of methoxy groups -OCH3 is 2. The molecule has 0 aliphatic heterocycles. The fraction of sp³-hybridized carbons (Fsp3) is 0.286. The molecule has 3 rings (SSSR count). The minimum Gasteiger partial charge on any atom is -0.493 e. The standard InChI is InChI=1S/C21H23O4/c1-6-24-19-12-18(15-7-8-17(22-4)20(11-15)23-5)25-21-14(3)9-13(2)10-16(19)21/h7-12H,6H2,1-5H3/q+1. The van der Waals surface area contributed by atoms with Gasteiger partial charge in [0.15, 0.2) is 11.5 Å². The van der Waals surface area contributed by atoms with Crippen molar-refractivity contribution in [3.63, 3.8) is 0 Å². The van der Waals surface area contributed by atoms with Crippen LogP contribution in [0.3, 0.4) is 0 Å². The lowest BCUT2D eigenvalue weighted by Crippen LogP contribution is -1.95. The van der Waals surface area contributed by atoms with Crippen LogP contribution in [0.4, 0.5) is 0 Å². The smallest absolute Gasteiger partial charge is 0.367 e. The number of fused-ring (bicyclic) bond motifs is 1. The lowest BCUT2D eigenvalue weighted by Gasteiger charge is -2.08. The number of benzene rings is 2. The van der Waals surface area contributed by atoms with Gasteiger partial charge in [0.1, 0.15) is 11.1 Å². The molecule has 0 saturated carbocycles. The summed E-state index contributed by atoms with van der Waals surface area (Å²) in [6.45, 7) is 6.70. The van der Waals surface area contributed by atoms with Gasteiger partial charge < -0.3 is 14.2 Å². The molecule has 0 atom stereocenters. The van der Waals surface area contributed by atoms with Gasteiger partial charge in [0, 0.05) is 6.07 Å². The van der Waals surface area contributed by atoms with E-state index in [0.29, 0.717) is 18.1 Å². The normalized spacial score (nSPS) is 10.8. The summed E-state index contributed by atoms with van der Waals surface area (Å²) < 4.78 is 22.8. The Kier molecular flexibility index (Phi) is 4.79. The lowest BCUT2D eigenvalue weighted by atomic mass is 10.1. The van der Waals surface area contributed by atoms with E-state index in [0.717, 1.165) is 33.6 Å². The van der Waals surface area contributed by atoms with Crippen molar-refractivity contribution in [3.05, 3.63) is 47.5 Å². The molecule has 0 saturated heterocycles. The number of aryl methyl sites for hydroxylation is 2. The maximum Gasteiger partial charge on any atom is 0.367 e. The maximum absolute atomic E-state index is 6.22. The summed E-state index contributed by atoms with van der Waals surface area (Å²) in [4.78, 5) is 0. The molecule has 0 aliphatic rings. The molecular weight excluding hydrogens is 316 g/mol. The molecule has 0 bridgehead atoms. The second-order valence-corrected chi connectivity index (χ2v) is 5.94. The molecule has 0 aliphatic carbocycles. The molecule has 2 aromatic carbocycles. The minimum absolute atomic E-state index is 0.595. The quantitative estimate of drug-likeness (QED) is 0.582. The van der Waals surface area contributed by atoms with Gasteiger partial charge in [-0.05, 0) is 50.6 Å². The first-order valence-corrected chi connectivity index (χ1v) is 8.30. The van der Waals surface area contributed by atoms with Crippen LogP contribution in [-0.2, 0) is 0 Å². The first-order chi connectivity index (χ1) is 12.1.